The highest BCUT2D eigenvalue weighted by Crippen LogP contribution is 2.31. The topological polar surface area (TPSA) is 15.7 Å². The van der Waals surface area contributed by atoms with Gasteiger partial charge in [0.1, 0.15) is 17.4 Å². The fourth-order valence-corrected chi connectivity index (χ4v) is 2.62. The van der Waals surface area contributed by atoms with Gasteiger partial charge in [-0.25, -0.2) is 0 Å². The summed E-state index contributed by atoms with van der Waals surface area (Å²) in [6, 6.07) is 5.37. The number of hydrogen-bond donors (Lipinski definition) is 0. The molecule has 21 heavy (non-hydrogen) atoms. The molecule has 1 fully saturated rings. The Hall–Kier alpha value is -1.16. The lowest BCUT2D eigenvalue weighted by Crippen LogP contribution is -2.46. The first-order valence-corrected chi connectivity index (χ1v) is 7.70. The summed E-state index contributed by atoms with van der Waals surface area (Å²) < 4.78 is 5.72. The van der Waals surface area contributed by atoms with Gasteiger partial charge in [0.2, 0.25) is 0 Å². The Morgan fingerprint density at radius 1 is 1.24 bits per heavy atom. The zero-order chi connectivity index (χ0) is 15.2. The molecule has 1 aromatic rings. The second kappa shape index (κ2) is 7.74. The number of piperazine rings is 1. The van der Waals surface area contributed by atoms with E-state index in [1.54, 1.807) is 6.07 Å². The van der Waals surface area contributed by atoms with Gasteiger partial charge in [-0.1, -0.05) is 41.9 Å². The van der Waals surface area contributed by atoms with E-state index in [1.807, 2.05) is 18.2 Å². The van der Waals surface area contributed by atoms with Crippen LogP contribution in [0.25, 0.3) is 0 Å². The molecule has 0 N–H and O–H groups in total. The molecule has 114 valence electrons. The predicted octanol–water partition coefficient (Wildman–Crippen LogP) is 3.69. The van der Waals surface area contributed by atoms with E-state index in [9.17, 15) is 0 Å². The summed E-state index contributed by atoms with van der Waals surface area (Å²) >= 11 is 12.1. The van der Waals surface area contributed by atoms with Crippen molar-refractivity contribution >= 4 is 23.2 Å². The summed E-state index contributed by atoms with van der Waals surface area (Å²) in [6.07, 6.45) is 1.94. The number of benzene rings is 1. The molecule has 0 amide bonds. The highest BCUT2D eigenvalue weighted by Gasteiger charge is 2.17. The van der Waals surface area contributed by atoms with Gasteiger partial charge in [0, 0.05) is 38.4 Å². The van der Waals surface area contributed by atoms with Crippen molar-refractivity contribution in [1.29, 1.82) is 0 Å². The number of rotatable bonds is 6. The van der Waals surface area contributed by atoms with Crippen molar-refractivity contribution in [3.05, 3.63) is 53.2 Å². The minimum absolute atomic E-state index is 0.418. The maximum Gasteiger partial charge on any atom is 0.140 e. The average Bonchev–Trinajstić information content (AvgIpc) is 2.49. The Bertz CT molecular complexity index is 511. The van der Waals surface area contributed by atoms with Crippen molar-refractivity contribution in [2.75, 3.05) is 39.3 Å². The summed E-state index contributed by atoms with van der Waals surface area (Å²) in [5.41, 5.74) is 0.962. The van der Waals surface area contributed by atoms with Gasteiger partial charge in [0.05, 0.1) is 5.02 Å². The number of hydrogen-bond acceptors (Lipinski definition) is 3. The Morgan fingerprint density at radius 3 is 2.62 bits per heavy atom. The van der Waals surface area contributed by atoms with Crippen molar-refractivity contribution < 1.29 is 4.74 Å². The van der Waals surface area contributed by atoms with Crippen LogP contribution in [0.15, 0.2) is 43.1 Å². The van der Waals surface area contributed by atoms with Gasteiger partial charge in [0.15, 0.2) is 0 Å². The van der Waals surface area contributed by atoms with Crippen LogP contribution in [0.2, 0.25) is 10.0 Å². The van der Waals surface area contributed by atoms with Crippen molar-refractivity contribution in [1.82, 2.24) is 9.80 Å². The molecule has 1 saturated heterocycles. The van der Waals surface area contributed by atoms with Gasteiger partial charge in [-0.15, -0.1) is 6.58 Å². The summed E-state index contributed by atoms with van der Waals surface area (Å²) in [7, 11) is 0. The highest BCUT2D eigenvalue weighted by atomic mass is 35.5. The molecule has 0 aromatic heterocycles. The van der Waals surface area contributed by atoms with Crippen molar-refractivity contribution in [2.24, 2.45) is 0 Å². The van der Waals surface area contributed by atoms with E-state index in [-0.39, 0.29) is 0 Å². The molecule has 1 heterocycles. The first kappa shape index (κ1) is 16.2. The molecule has 3 nitrogen and oxygen atoms in total. The molecule has 0 radical (unpaired) electrons. The van der Waals surface area contributed by atoms with Crippen LogP contribution in [0, 0.1) is 0 Å². The Balaban J connectivity index is 1.83. The fraction of sp³-hybridized carbons (Fsp3) is 0.375. The molecule has 5 heteroatoms. The number of halogens is 2. The molecule has 0 unspecified atom stereocenters. The quantitative estimate of drug-likeness (QED) is 0.741. The summed E-state index contributed by atoms with van der Waals surface area (Å²) in [5, 5.41) is 0.945. The van der Waals surface area contributed by atoms with E-state index in [0.717, 1.165) is 38.4 Å². The molecule has 2 rings (SSSR count). The maximum atomic E-state index is 6.10. The zero-order valence-corrected chi connectivity index (χ0v) is 13.5. The molecule has 1 aromatic carbocycles. The monoisotopic (exact) mass is 326 g/mol. The lowest BCUT2D eigenvalue weighted by Gasteiger charge is -2.36. The van der Waals surface area contributed by atoms with Crippen LogP contribution in [-0.4, -0.2) is 49.1 Å². The van der Waals surface area contributed by atoms with Crippen LogP contribution in [0.1, 0.15) is 0 Å². The normalized spacial score (nSPS) is 15.8. The second-order valence-corrected chi connectivity index (χ2v) is 5.77. The maximum absolute atomic E-state index is 6.10. The third kappa shape index (κ3) is 4.40. The lowest BCUT2D eigenvalue weighted by molar-refractivity contribution is 0.158. The fourth-order valence-electron chi connectivity index (χ4n) is 2.28. The summed E-state index contributed by atoms with van der Waals surface area (Å²) in [4.78, 5) is 4.61. The van der Waals surface area contributed by atoms with Gasteiger partial charge in [0.25, 0.3) is 0 Å². The van der Waals surface area contributed by atoms with Crippen LogP contribution in [-0.2, 0) is 0 Å². The van der Waals surface area contributed by atoms with Gasteiger partial charge in [-0.05, 0) is 12.1 Å². The van der Waals surface area contributed by atoms with Gasteiger partial charge in [-0.2, -0.15) is 0 Å². The first-order valence-electron chi connectivity index (χ1n) is 6.94. The molecule has 1 aliphatic heterocycles. The van der Waals surface area contributed by atoms with E-state index in [1.165, 1.54) is 0 Å². The molecule has 0 saturated carbocycles. The third-order valence-corrected chi connectivity index (χ3v) is 4.32. The SMILES string of the molecule is C=CCN1CCN(C(=C)COc2cccc(Cl)c2Cl)CC1. The molecular weight excluding hydrogens is 307 g/mol. The van der Waals surface area contributed by atoms with Crippen molar-refractivity contribution in [3.8, 4) is 5.75 Å². The van der Waals surface area contributed by atoms with E-state index in [4.69, 9.17) is 27.9 Å². The standard InChI is InChI=1S/C16H20Cl2N2O/c1-3-7-19-8-10-20(11-9-19)13(2)12-21-15-6-4-5-14(17)16(15)18/h3-6H,1-2,7-12H2. The van der Waals surface area contributed by atoms with Crippen LogP contribution in [0.4, 0.5) is 0 Å². The summed E-state index contributed by atoms with van der Waals surface area (Å²) in [6.45, 7) is 13.2. The second-order valence-electron chi connectivity index (χ2n) is 4.98. The van der Waals surface area contributed by atoms with Crippen LogP contribution < -0.4 is 4.74 Å². The molecular formula is C16H20Cl2N2O. The first-order chi connectivity index (χ1) is 10.1. The van der Waals surface area contributed by atoms with E-state index in [0.29, 0.717) is 22.4 Å². The molecule has 0 spiro atoms. The van der Waals surface area contributed by atoms with Crippen molar-refractivity contribution in [3.63, 3.8) is 0 Å². The highest BCUT2D eigenvalue weighted by molar-refractivity contribution is 6.42. The average molecular weight is 327 g/mol. The van der Waals surface area contributed by atoms with Gasteiger partial charge >= 0.3 is 0 Å². The van der Waals surface area contributed by atoms with E-state index >= 15 is 0 Å². The van der Waals surface area contributed by atoms with Gasteiger partial charge < -0.3 is 9.64 Å². The molecule has 1 aliphatic rings. The van der Waals surface area contributed by atoms with Crippen LogP contribution >= 0.6 is 23.2 Å². The zero-order valence-electron chi connectivity index (χ0n) is 12.0. The van der Waals surface area contributed by atoms with Crippen LogP contribution in [0.3, 0.4) is 0 Å². The Morgan fingerprint density at radius 2 is 1.95 bits per heavy atom. The third-order valence-electron chi connectivity index (χ3n) is 3.52. The Kier molecular flexibility index (Phi) is 5.97. The smallest absolute Gasteiger partial charge is 0.140 e. The molecule has 0 atom stereocenters. The number of ether oxygens (including phenoxy) is 1. The van der Waals surface area contributed by atoms with Gasteiger partial charge in [-0.3, -0.25) is 4.90 Å². The molecule has 0 aliphatic carbocycles. The van der Waals surface area contributed by atoms with Crippen molar-refractivity contribution in [2.45, 2.75) is 0 Å². The largest absolute Gasteiger partial charge is 0.486 e. The lowest BCUT2D eigenvalue weighted by atomic mass is 10.3. The predicted molar refractivity (Wildman–Crippen MR) is 89.3 cm³/mol. The number of nitrogens with zero attached hydrogens (tertiary/aromatic N) is 2. The minimum Gasteiger partial charge on any atom is -0.486 e. The Labute approximate surface area is 136 Å². The minimum atomic E-state index is 0.418. The summed E-state index contributed by atoms with van der Waals surface area (Å²) in [5.74, 6) is 0.593. The van der Waals surface area contributed by atoms with Crippen LogP contribution in [0.5, 0.6) is 5.75 Å². The van der Waals surface area contributed by atoms with E-state index in [2.05, 4.69) is 23.0 Å². The van der Waals surface area contributed by atoms with E-state index < -0.39 is 0 Å². The molecule has 0 bridgehead atoms.